The van der Waals surface area contributed by atoms with E-state index >= 15 is 0 Å². The number of nitrogens with one attached hydrogen (secondary N) is 1. The number of aryl methyl sites for hydroxylation is 1. The van der Waals surface area contributed by atoms with Crippen LogP contribution in [-0.4, -0.2) is 11.0 Å². The highest BCUT2D eigenvalue weighted by molar-refractivity contribution is 7.11. The van der Waals surface area contributed by atoms with Crippen molar-refractivity contribution in [1.29, 1.82) is 0 Å². The minimum absolute atomic E-state index is 0.741. The van der Waals surface area contributed by atoms with Gasteiger partial charge in [-0.3, -0.25) is 0 Å². The van der Waals surface area contributed by atoms with Crippen LogP contribution in [0, 0.1) is 12.8 Å². The van der Waals surface area contributed by atoms with Gasteiger partial charge in [0.15, 0.2) is 0 Å². The first-order valence-corrected chi connectivity index (χ1v) is 7.74. The Morgan fingerprint density at radius 3 is 2.71 bits per heavy atom. The van der Waals surface area contributed by atoms with Crippen molar-refractivity contribution in [1.82, 2.24) is 10.3 Å². The molecular weight excluding hydrogens is 228 g/mol. The third-order valence-corrected chi connectivity index (χ3v) is 4.69. The summed E-state index contributed by atoms with van der Waals surface area (Å²) in [5.41, 5.74) is 0. The minimum atomic E-state index is 0.741. The molecule has 2 rings (SSSR count). The van der Waals surface area contributed by atoms with Crippen molar-refractivity contribution >= 4 is 11.3 Å². The van der Waals surface area contributed by atoms with Crippen molar-refractivity contribution in [3.8, 4) is 0 Å². The molecule has 0 aromatic carbocycles. The van der Waals surface area contributed by atoms with Crippen LogP contribution in [0.3, 0.4) is 0 Å². The highest BCUT2D eigenvalue weighted by Crippen LogP contribution is 2.28. The van der Waals surface area contributed by atoms with Gasteiger partial charge in [0, 0.05) is 23.7 Å². The lowest BCUT2D eigenvalue weighted by atomic mass is 9.83. The van der Waals surface area contributed by atoms with Crippen LogP contribution >= 0.6 is 11.3 Å². The maximum absolute atomic E-state index is 4.30. The van der Waals surface area contributed by atoms with Crippen LogP contribution in [0.4, 0.5) is 0 Å². The summed E-state index contributed by atoms with van der Waals surface area (Å²) in [4.78, 5) is 5.67. The maximum Gasteiger partial charge on any atom is 0.0897 e. The molecule has 0 atom stereocenters. The van der Waals surface area contributed by atoms with Crippen LogP contribution in [0.25, 0.3) is 0 Å². The van der Waals surface area contributed by atoms with Crippen LogP contribution < -0.4 is 5.32 Å². The molecule has 17 heavy (non-hydrogen) atoms. The Hall–Kier alpha value is -0.410. The van der Waals surface area contributed by atoms with Crippen molar-refractivity contribution in [2.75, 3.05) is 0 Å². The zero-order valence-electron chi connectivity index (χ0n) is 11.0. The van der Waals surface area contributed by atoms with Gasteiger partial charge in [0.05, 0.1) is 5.01 Å². The second kappa shape index (κ2) is 6.50. The Morgan fingerprint density at radius 2 is 2.12 bits per heavy atom. The molecule has 0 bridgehead atoms. The lowest BCUT2D eigenvalue weighted by Gasteiger charge is -2.28. The molecule has 1 aromatic rings. The zero-order valence-corrected chi connectivity index (χ0v) is 11.9. The summed E-state index contributed by atoms with van der Waals surface area (Å²) in [7, 11) is 0. The summed E-state index contributed by atoms with van der Waals surface area (Å²) < 4.78 is 0. The van der Waals surface area contributed by atoms with E-state index in [-0.39, 0.29) is 0 Å². The molecule has 0 amide bonds. The highest BCUT2D eigenvalue weighted by Gasteiger charge is 2.19. The van der Waals surface area contributed by atoms with E-state index in [9.17, 15) is 0 Å². The Morgan fingerprint density at radius 1 is 1.35 bits per heavy atom. The summed E-state index contributed by atoms with van der Waals surface area (Å²) in [6, 6.07) is 0.741. The third-order valence-electron chi connectivity index (χ3n) is 3.78. The molecule has 1 N–H and O–H groups in total. The molecule has 3 heteroatoms. The number of thiazole rings is 1. The van der Waals surface area contributed by atoms with Gasteiger partial charge in [-0.1, -0.05) is 19.8 Å². The van der Waals surface area contributed by atoms with Crippen molar-refractivity contribution < 1.29 is 0 Å². The third kappa shape index (κ3) is 4.07. The largest absolute Gasteiger partial charge is 0.309 e. The first kappa shape index (κ1) is 13.0. The molecule has 0 radical (unpaired) electrons. The van der Waals surface area contributed by atoms with Crippen LogP contribution in [0.1, 0.15) is 55.3 Å². The molecule has 0 saturated heterocycles. The van der Waals surface area contributed by atoms with Gasteiger partial charge in [0.25, 0.3) is 0 Å². The molecule has 1 aliphatic carbocycles. The molecule has 0 unspecified atom stereocenters. The number of hydrogen-bond donors (Lipinski definition) is 1. The van der Waals surface area contributed by atoms with Gasteiger partial charge < -0.3 is 5.32 Å². The number of hydrogen-bond acceptors (Lipinski definition) is 3. The van der Waals surface area contributed by atoms with Gasteiger partial charge in [-0.25, -0.2) is 4.98 Å². The van der Waals surface area contributed by atoms with Crippen molar-refractivity contribution in [2.45, 2.75) is 65.0 Å². The average molecular weight is 252 g/mol. The minimum Gasteiger partial charge on any atom is -0.309 e. The number of rotatable bonds is 5. The molecule has 1 aromatic heterocycles. The van der Waals surface area contributed by atoms with Gasteiger partial charge >= 0.3 is 0 Å². The maximum atomic E-state index is 4.30. The summed E-state index contributed by atoms with van der Waals surface area (Å²) in [6.07, 6.45) is 10.4. The summed E-state index contributed by atoms with van der Waals surface area (Å²) in [5.74, 6) is 1.00. The fourth-order valence-corrected chi connectivity index (χ4v) is 3.54. The number of nitrogens with zero attached hydrogens (tertiary/aromatic N) is 1. The quantitative estimate of drug-likeness (QED) is 0.859. The van der Waals surface area contributed by atoms with Gasteiger partial charge in [-0.2, -0.15) is 0 Å². The van der Waals surface area contributed by atoms with E-state index in [1.54, 1.807) is 0 Å². The zero-order chi connectivity index (χ0) is 12.1. The Labute approximate surface area is 109 Å². The Kier molecular flexibility index (Phi) is 4.99. The first-order chi connectivity index (χ1) is 8.28. The molecule has 1 saturated carbocycles. The Balaban J connectivity index is 1.68. The molecule has 96 valence electrons. The predicted molar refractivity (Wildman–Crippen MR) is 74.3 cm³/mol. The SMILES string of the molecule is CCCC1CCC(NCc2cnc(C)s2)CC1. The fourth-order valence-electron chi connectivity index (χ4n) is 2.80. The van der Waals surface area contributed by atoms with Gasteiger partial charge in [-0.15, -0.1) is 11.3 Å². The lowest BCUT2D eigenvalue weighted by Crippen LogP contribution is -2.32. The standard InChI is InChI=1S/C14H24N2S/c1-3-4-12-5-7-13(8-6-12)16-10-14-9-15-11(2)17-14/h9,12-13,16H,3-8,10H2,1-2H3. The van der Waals surface area contributed by atoms with Crippen molar-refractivity contribution in [2.24, 2.45) is 5.92 Å². The summed E-state index contributed by atoms with van der Waals surface area (Å²) >= 11 is 1.81. The van der Waals surface area contributed by atoms with E-state index in [0.29, 0.717) is 0 Å². The molecule has 1 fully saturated rings. The monoisotopic (exact) mass is 252 g/mol. The van der Waals surface area contributed by atoms with E-state index in [1.807, 2.05) is 17.5 Å². The topological polar surface area (TPSA) is 24.9 Å². The molecule has 1 heterocycles. The van der Waals surface area contributed by atoms with Crippen LogP contribution in [0.2, 0.25) is 0 Å². The summed E-state index contributed by atoms with van der Waals surface area (Å²) in [5, 5.41) is 4.86. The van der Waals surface area contributed by atoms with E-state index < -0.39 is 0 Å². The van der Waals surface area contributed by atoms with E-state index in [0.717, 1.165) is 18.5 Å². The van der Waals surface area contributed by atoms with Gasteiger partial charge in [0.2, 0.25) is 0 Å². The van der Waals surface area contributed by atoms with E-state index in [2.05, 4.69) is 24.1 Å². The smallest absolute Gasteiger partial charge is 0.0897 e. The second-order valence-electron chi connectivity index (χ2n) is 5.23. The Bertz CT molecular complexity index is 327. The molecule has 0 aliphatic heterocycles. The van der Waals surface area contributed by atoms with Gasteiger partial charge in [0.1, 0.15) is 0 Å². The summed E-state index contributed by atoms with van der Waals surface area (Å²) in [6.45, 7) is 5.38. The fraction of sp³-hybridized carbons (Fsp3) is 0.786. The molecular formula is C14H24N2S. The lowest BCUT2D eigenvalue weighted by molar-refractivity contribution is 0.278. The van der Waals surface area contributed by atoms with Crippen LogP contribution in [0.15, 0.2) is 6.20 Å². The normalized spacial score (nSPS) is 25.1. The van der Waals surface area contributed by atoms with Crippen LogP contribution in [-0.2, 0) is 6.54 Å². The van der Waals surface area contributed by atoms with Crippen molar-refractivity contribution in [3.63, 3.8) is 0 Å². The second-order valence-corrected chi connectivity index (χ2v) is 6.55. The van der Waals surface area contributed by atoms with Gasteiger partial charge in [-0.05, 0) is 38.5 Å². The van der Waals surface area contributed by atoms with Crippen molar-refractivity contribution in [3.05, 3.63) is 16.1 Å². The first-order valence-electron chi connectivity index (χ1n) is 6.92. The number of aromatic nitrogens is 1. The molecule has 0 spiro atoms. The average Bonchev–Trinajstić information content (AvgIpc) is 2.75. The van der Waals surface area contributed by atoms with E-state index in [1.165, 1.54) is 48.4 Å². The predicted octanol–water partition coefficient (Wildman–Crippen LogP) is 3.90. The highest BCUT2D eigenvalue weighted by atomic mass is 32.1. The molecule has 1 aliphatic rings. The van der Waals surface area contributed by atoms with E-state index in [4.69, 9.17) is 0 Å². The molecule has 2 nitrogen and oxygen atoms in total. The van der Waals surface area contributed by atoms with Crippen LogP contribution in [0.5, 0.6) is 0 Å².